The topological polar surface area (TPSA) is 54.6 Å². The van der Waals surface area contributed by atoms with E-state index in [1.54, 1.807) is 0 Å². The second-order valence-electron chi connectivity index (χ2n) is 7.00. The maximum Gasteiger partial charge on any atom is 0.243 e. The molecule has 1 aromatic carbocycles. The zero-order chi connectivity index (χ0) is 18.5. The highest BCUT2D eigenvalue weighted by atomic mass is 35.5. The second kappa shape index (κ2) is 8.84. The van der Waals surface area contributed by atoms with Gasteiger partial charge in [0.05, 0.1) is 6.04 Å². The summed E-state index contributed by atoms with van der Waals surface area (Å²) in [5, 5.41) is 4.80. The Morgan fingerprint density at radius 3 is 2.42 bits per heavy atom. The molecular weight excluding hydrogens is 352 g/mol. The fourth-order valence-electron chi connectivity index (χ4n) is 3.01. The van der Waals surface area contributed by atoms with Crippen molar-refractivity contribution in [1.82, 2.24) is 19.9 Å². The zero-order valence-electron chi connectivity index (χ0n) is 15.7. The molecule has 2 aromatic rings. The number of nitrogens with zero attached hydrogens (tertiary/aromatic N) is 4. The lowest BCUT2D eigenvalue weighted by molar-refractivity contribution is 0.0800. The van der Waals surface area contributed by atoms with Crippen LogP contribution in [-0.4, -0.2) is 59.3 Å². The summed E-state index contributed by atoms with van der Waals surface area (Å²) >= 11 is 5.88. The lowest BCUT2D eigenvalue weighted by Crippen LogP contribution is -2.48. The van der Waals surface area contributed by atoms with E-state index in [-0.39, 0.29) is 12.0 Å². The Hall–Kier alpha value is -1.63. The molecule has 2 heterocycles. The zero-order valence-corrected chi connectivity index (χ0v) is 16.4. The summed E-state index contributed by atoms with van der Waals surface area (Å²) in [5.74, 6) is 2.65. The monoisotopic (exact) mass is 378 g/mol. The summed E-state index contributed by atoms with van der Waals surface area (Å²) in [6.45, 7) is 11.9. The number of hydrogen-bond donors (Lipinski definition) is 0. The molecule has 0 N–H and O–H groups in total. The van der Waals surface area contributed by atoms with Gasteiger partial charge in [-0.3, -0.25) is 9.80 Å². The summed E-state index contributed by atoms with van der Waals surface area (Å²) in [7, 11) is 0. The van der Waals surface area contributed by atoms with E-state index in [4.69, 9.17) is 20.9 Å². The molecular formula is C19H27ClN4O2. The van der Waals surface area contributed by atoms with Crippen LogP contribution in [0.25, 0.3) is 0 Å². The van der Waals surface area contributed by atoms with Crippen LogP contribution in [0.15, 0.2) is 28.8 Å². The van der Waals surface area contributed by atoms with Crippen molar-refractivity contribution in [3.05, 3.63) is 41.0 Å². The van der Waals surface area contributed by atoms with E-state index in [0.29, 0.717) is 12.5 Å². The molecule has 0 unspecified atom stereocenters. The Kier molecular flexibility index (Phi) is 6.51. The minimum absolute atomic E-state index is 0.155. The number of halogens is 1. The highest BCUT2D eigenvalue weighted by molar-refractivity contribution is 6.30. The van der Waals surface area contributed by atoms with Gasteiger partial charge in [0.15, 0.2) is 5.82 Å². The SMILES string of the molecule is CC(C)c1noc([C@@H](C)N2CCN(CCOc3ccc(Cl)cc3)CC2)n1. The van der Waals surface area contributed by atoms with Gasteiger partial charge in [-0.2, -0.15) is 4.98 Å². The van der Waals surface area contributed by atoms with Gasteiger partial charge in [0.1, 0.15) is 12.4 Å². The molecule has 6 nitrogen and oxygen atoms in total. The van der Waals surface area contributed by atoms with Crippen LogP contribution >= 0.6 is 11.6 Å². The van der Waals surface area contributed by atoms with Crippen molar-refractivity contribution in [2.45, 2.75) is 32.7 Å². The predicted molar refractivity (Wildman–Crippen MR) is 102 cm³/mol. The summed E-state index contributed by atoms with van der Waals surface area (Å²) in [6, 6.07) is 7.65. The molecule has 1 aliphatic heterocycles. The van der Waals surface area contributed by atoms with Gasteiger partial charge < -0.3 is 9.26 Å². The molecule has 0 spiro atoms. The van der Waals surface area contributed by atoms with Crippen molar-refractivity contribution in [2.24, 2.45) is 0 Å². The number of hydrogen-bond acceptors (Lipinski definition) is 6. The van der Waals surface area contributed by atoms with Crippen LogP contribution in [0.4, 0.5) is 0 Å². The van der Waals surface area contributed by atoms with Crippen molar-refractivity contribution in [1.29, 1.82) is 0 Å². The van der Waals surface area contributed by atoms with Crippen LogP contribution in [-0.2, 0) is 0 Å². The Balaban J connectivity index is 1.41. The Morgan fingerprint density at radius 1 is 1.12 bits per heavy atom. The van der Waals surface area contributed by atoms with Crippen molar-refractivity contribution in [3.63, 3.8) is 0 Å². The summed E-state index contributed by atoms with van der Waals surface area (Å²) in [4.78, 5) is 9.35. The third-order valence-electron chi connectivity index (χ3n) is 4.78. The quantitative estimate of drug-likeness (QED) is 0.733. The highest BCUT2D eigenvalue weighted by Gasteiger charge is 2.26. The van der Waals surface area contributed by atoms with Gasteiger partial charge in [0.25, 0.3) is 0 Å². The van der Waals surface area contributed by atoms with Crippen molar-refractivity contribution in [2.75, 3.05) is 39.3 Å². The third-order valence-corrected chi connectivity index (χ3v) is 5.03. The second-order valence-corrected chi connectivity index (χ2v) is 7.44. The molecule has 0 saturated carbocycles. The van der Waals surface area contributed by atoms with Crippen LogP contribution < -0.4 is 4.74 Å². The molecule has 1 saturated heterocycles. The summed E-state index contributed by atoms with van der Waals surface area (Å²) in [6.07, 6.45) is 0. The lowest BCUT2D eigenvalue weighted by atomic mass is 10.2. The van der Waals surface area contributed by atoms with Crippen LogP contribution in [0.3, 0.4) is 0 Å². The molecule has 7 heteroatoms. The average Bonchev–Trinajstić information content (AvgIpc) is 3.14. The minimum atomic E-state index is 0.155. The molecule has 1 aromatic heterocycles. The first-order chi connectivity index (χ1) is 12.5. The molecule has 0 aliphatic carbocycles. The summed E-state index contributed by atoms with van der Waals surface area (Å²) in [5.41, 5.74) is 0. The van der Waals surface area contributed by atoms with Gasteiger partial charge in [-0.25, -0.2) is 0 Å². The van der Waals surface area contributed by atoms with Crippen LogP contribution in [0, 0.1) is 0 Å². The van der Waals surface area contributed by atoms with Crippen molar-refractivity contribution in [3.8, 4) is 5.75 Å². The molecule has 142 valence electrons. The average molecular weight is 379 g/mol. The highest BCUT2D eigenvalue weighted by Crippen LogP contribution is 2.22. The molecule has 26 heavy (non-hydrogen) atoms. The normalized spacial score (nSPS) is 17.6. The first-order valence-electron chi connectivity index (χ1n) is 9.21. The number of rotatable bonds is 7. The maximum atomic E-state index is 5.88. The van der Waals surface area contributed by atoms with Crippen molar-refractivity contribution < 1.29 is 9.26 Å². The molecule has 1 atom stereocenters. The van der Waals surface area contributed by atoms with Crippen LogP contribution in [0.5, 0.6) is 5.75 Å². The molecule has 0 amide bonds. The van der Waals surface area contributed by atoms with Gasteiger partial charge in [-0.05, 0) is 31.2 Å². The molecule has 0 bridgehead atoms. The Bertz CT molecular complexity index is 681. The van der Waals surface area contributed by atoms with Gasteiger partial charge in [-0.15, -0.1) is 0 Å². The molecule has 3 rings (SSSR count). The third kappa shape index (κ3) is 4.96. The van der Waals surface area contributed by atoms with E-state index >= 15 is 0 Å². The van der Waals surface area contributed by atoms with E-state index in [9.17, 15) is 0 Å². The predicted octanol–water partition coefficient (Wildman–Crippen LogP) is 3.60. The van der Waals surface area contributed by atoms with Crippen LogP contribution in [0.2, 0.25) is 5.02 Å². The lowest BCUT2D eigenvalue weighted by Gasteiger charge is -2.36. The van der Waals surface area contributed by atoms with Gasteiger partial charge >= 0.3 is 0 Å². The van der Waals surface area contributed by atoms with E-state index in [2.05, 4.69) is 40.7 Å². The van der Waals surface area contributed by atoms with Gasteiger partial charge in [0, 0.05) is 43.7 Å². The van der Waals surface area contributed by atoms with E-state index in [1.807, 2.05) is 24.3 Å². The first-order valence-corrected chi connectivity index (χ1v) is 9.59. The molecule has 1 aliphatic rings. The van der Waals surface area contributed by atoms with E-state index in [0.717, 1.165) is 49.3 Å². The fraction of sp³-hybridized carbons (Fsp3) is 0.579. The fourth-order valence-corrected chi connectivity index (χ4v) is 3.13. The first kappa shape index (κ1) is 19.1. The number of piperazine rings is 1. The number of aromatic nitrogens is 2. The van der Waals surface area contributed by atoms with Gasteiger partial charge in [0.2, 0.25) is 5.89 Å². The van der Waals surface area contributed by atoms with Crippen molar-refractivity contribution >= 4 is 11.6 Å². The van der Waals surface area contributed by atoms with E-state index in [1.165, 1.54) is 0 Å². The Labute approximate surface area is 160 Å². The largest absolute Gasteiger partial charge is 0.492 e. The number of benzene rings is 1. The minimum Gasteiger partial charge on any atom is -0.492 e. The van der Waals surface area contributed by atoms with Crippen LogP contribution in [0.1, 0.15) is 44.4 Å². The van der Waals surface area contributed by atoms with Gasteiger partial charge in [-0.1, -0.05) is 30.6 Å². The number of ether oxygens (including phenoxy) is 1. The Morgan fingerprint density at radius 2 is 1.81 bits per heavy atom. The molecule has 1 fully saturated rings. The smallest absolute Gasteiger partial charge is 0.243 e. The van der Waals surface area contributed by atoms with E-state index < -0.39 is 0 Å². The summed E-state index contributed by atoms with van der Waals surface area (Å²) < 4.78 is 11.2. The standard InChI is InChI=1S/C19H27ClN4O2/c1-14(2)18-21-19(26-22-18)15(3)24-10-8-23(9-11-24)12-13-25-17-6-4-16(20)5-7-17/h4-7,14-15H,8-13H2,1-3H3/t15-/m1/s1. The maximum absolute atomic E-state index is 5.88. The molecule has 0 radical (unpaired) electrons.